The maximum atomic E-state index is 9.81. The van der Waals surface area contributed by atoms with Gasteiger partial charge in [0, 0.05) is 5.75 Å². The molecule has 2 rings (SSSR count). The summed E-state index contributed by atoms with van der Waals surface area (Å²) < 4.78 is 0. The molecule has 76 valence electrons. The Balaban J connectivity index is 1.89. The first kappa shape index (κ1) is 9.85. The van der Waals surface area contributed by atoms with Crippen LogP contribution in [-0.4, -0.2) is 22.7 Å². The number of aliphatic hydroxyl groups excluding tert-OH is 1. The van der Waals surface area contributed by atoms with Crippen LogP contribution < -0.4 is 0 Å². The predicted octanol–water partition coefficient (Wildman–Crippen LogP) is 2.68. The van der Waals surface area contributed by atoms with E-state index in [-0.39, 0.29) is 6.10 Å². The standard InChI is InChI=1S/C11H20OS/c12-11-8-13-7-10(11)9-5-3-1-2-4-6-9/h9-12H,1-8H2. The highest BCUT2D eigenvalue weighted by atomic mass is 32.2. The van der Waals surface area contributed by atoms with Crippen LogP contribution in [0.4, 0.5) is 0 Å². The molecule has 0 amide bonds. The number of hydrogen-bond donors (Lipinski definition) is 1. The van der Waals surface area contributed by atoms with Crippen LogP contribution in [0.1, 0.15) is 38.5 Å². The van der Waals surface area contributed by atoms with E-state index >= 15 is 0 Å². The van der Waals surface area contributed by atoms with Crippen LogP contribution in [0.15, 0.2) is 0 Å². The van der Waals surface area contributed by atoms with Crippen molar-refractivity contribution in [1.82, 2.24) is 0 Å². The van der Waals surface area contributed by atoms with Gasteiger partial charge in [0.2, 0.25) is 0 Å². The summed E-state index contributed by atoms with van der Waals surface area (Å²) in [6, 6.07) is 0. The average Bonchev–Trinajstić information content (AvgIpc) is 2.43. The lowest BCUT2D eigenvalue weighted by Crippen LogP contribution is -2.26. The van der Waals surface area contributed by atoms with Gasteiger partial charge < -0.3 is 5.11 Å². The molecule has 13 heavy (non-hydrogen) atoms. The highest BCUT2D eigenvalue weighted by Crippen LogP contribution is 2.37. The van der Waals surface area contributed by atoms with Gasteiger partial charge in [-0.15, -0.1) is 0 Å². The third kappa shape index (κ3) is 2.41. The molecule has 0 aromatic rings. The van der Waals surface area contributed by atoms with E-state index in [1.165, 1.54) is 44.3 Å². The van der Waals surface area contributed by atoms with Crippen molar-refractivity contribution in [2.75, 3.05) is 11.5 Å². The summed E-state index contributed by atoms with van der Waals surface area (Å²) in [6.07, 6.45) is 8.41. The topological polar surface area (TPSA) is 20.2 Å². The van der Waals surface area contributed by atoms with Gasteiger partial charge in [0.15, 0.2) is 0 Å². The number of aliphatic hydroxyl groups is 1. The Labute approximate surface area is 85.3 Å². The molecular formula is C11H20OS. The van der Waals surface area contributed by atoms with Crippen LogP contribution in [-0.2, 0) is 0 Å². The maximum Gasteiger partial charge on any atom is 0.0669 e. The van der Waals surface area contributed by atoms with Crippen molar-refractivity contribution in [1.29, 1.82) is 0 Å². The van der Waals surface area contributed by atoms with E-state index in [9.17, 15) is 5.11 Å². The predicted molar refractivity (Wildman–Crippen MR) is 58.0 cm³/mol. The number of thioether (sulfide) groups is 1. The van der Waals surface area contributed by atoms with Crippen molar-refractivity contribution in [3.8, 4) is 0 Å². The van der Waals surface area contributed by atoms with Gasteiger partial charge in [0.05, 0.1) is 6.10 Å². The van der Waals surface area contributed by atoms with E-state index in [4.69, 9.17) is 0 Å². The van der Waals surface area contributed by atoms with Gasteiger partial charge in [-0.05, 0) is 17.6 Å². The van der Waals surface area contributed by atoms with Crippen LogP contribution in [0, 0.1) is 11.8 Å². The summed E-state index contributed by atoms with van der Waals surface area (Å²) >= 11 is 1.94. The molecule has 1 saturated carbocycles. The molecule has 1 aliphatic heterocycles. The molecule has 1 saturated heterocycles. The molecule has 0 bridgehead atoms. The van der Waals surface area contributed by atoms with Crippen molar-refractivity contribution in [2.45, 2.75) is 44.6 Å². The van der Waals surface area contributed by atoms with Gasteiger partial charge >= 0.3 is 0 Å². The van der Waals surface area contributed by atoms with E-state index in [1.807, 2.05) is 11.8 Å². The lowest BCUT2D eigenvalue weighted by molar-refractivity contribution is 0.107. The third-order valence-electron chi connectivity index (χ3n) is 3.60. The fourth-order valence-electron chi connectivity index (χ4n) is 2.75. The second-order valence-corrected chi connectivity index (χ2v) is 5.60. The largest absolute Gasteiger partial charge is 0.392 e. The molecule has 0 aromatic carbocycles. The van der Waals surface area contributed by atoms with Gasteiger partial charge in [-0.3, -0.25) is 0 Å². The Bertz CT molecular complexity index is 152. The molecular weight excluding hydrogens is 180 g/mol. The summed E-state index contributed by atoms with van der Waals surface area (Å²) in [5, 5.41) is 9.81. The Morgan fingerprint density at radius 1 is 0.923 bits per heavy atom. The van der Waals surface area contributed by atoms with Crippen molar-refractivity contribution < 1.29 is 5.11 Å². The number of rotatable bonds is 1. The van der Waals surface area contributed by atoms with Gasteiger partial charge in [0.1, 0.15) is 0 Å². The van der Waals surface area contributed by atoms with Crippen LogP contribution in [0.3, 0.4) is 0 Å². The Morgan fingerprint density at radius 2 is 1.62 bits per heavy atom. The summed E-state index contributed by atoms with van der Waals surface area (Å²) in [7, 11) is 0. The molecule has 0 radical (unpaired) electrons. The van der Waals surface area contributed by atoms with E-state index in [1.54, 1.807) is 0 Å². The fourth-order valence-corrected chi connectivity index (χ4v) is 4.14. The van der Waals surface area contributed by atoms with Crippen molar-refractivity contribution >= 4 is 11.8 Å². The Hall–Kier alpha value is 0.310. The van der Waals surface area contributed by atoms with E-state index in [0.29, 0.717) is 5.92 Å². The van der Waals surface area contributed by atoms with Crippen molar-refractivity contribution in [2.24, 2.45) is 11.8 Å². The average molecular weight is 200 g/mol. The number of hydrogen-bond acceptors (Lipinski definition) is 2. The third-order valence-corrected chi connectivity index (χ3v) is 4.80. The molecule has 2 unspecified atom stereocenters. The molecule has 0 spiro atoms. The lowest BCUT2D eigenvalue weighted by atomic mass is 9.84. The van der Waals surface area contributed by atoms with Crippen molar-refractivity contribution in [3.05, 3.63) is 0 Å². The molecule has 2 heteroatoms. The summed E-state index contributed by atoms with van der Waals surface area (Å²) in [6.45, 7) is 0. The zero-order valence-corrected chi connectivity index (χ0v) is 9.06. The zero-order chi connectivity index (χ0) is 9.10. The first-order valence-electron chi connectivity index (χ1n) is 5.64. The molecule has 1 nitrogen and oxygen atoms in total. The van der Waals surface area contributed by atoms with Crippen LogP contribution in [0.25, 0.3) is 0 Å². The minimum absolute atomic E-state index is 0.00750. The lowest BCUT2D eigenvalue weighted by Gasteiger charge is -2.23. The molecule has 1 aliphatic carbocycles. The summed E-state index contributed by atoms with van der Waals surface area (Å²) in [5.41, 5.74) is 0. The van der Waals surface area contributed by atoms with Gasteiger partial charge in [0.25, 0.3) is 0 Å². The van der Waals surface area contributed by atoms with Crippen LogP contribution in [0.2, 0.25) is 0 Å². The first-order chi connectivity index (χ1) is 6.38. The molecule has 2 aliphatic rings. The molecule has 1 heterocycles. The summed E-state index contributed by atoms with van der Waals surface area (Å²) in [4.78, 5) is 0. The monoisotopic (exact) mass is 200 g/mol. The fraction of sp³-hybridized carbons (Fsp3) is 1.00. The van der Waals surface area contributed by atoms with Gasteiger partial charge in [-0.25, -0.2) is 0 Å². The Kier molecular flexibility index (Phi) is 3.56. The van der Waals surface area contributed by atoms with E-state index in [2.05, 4.69) is 0 Å². The first-order valence-corrected chi connectivity index (χ1v) is 6.79. The quantitative estimate of drug-likeness (QED) is 0.657. The van der Waals surface area contributed by atoms with Gasteiger partial charge in [-0.2, -0.15) is 11.8 Å². The minimum Gasteiger partial charge on any atom is -0.392 e. The SMILES string of the molecule is OC1CSCC1C1CCCCCC1. The minimum atomic E-state index is 0.00750. The highest BCUT2D eigenvalue weighted by Gasteiger charge is 2.32. The Morgan fingerprint density at radius 3 is 2.15 bits per heavy atom. The summed E-state index contributed by atoms with van der Waals surface area (Å²) in [5.74, 6) is 3.67. The van der Waals surface area contributed by atoms with Crippen LogP contribution in [0.5, 0.6) is 0 Å². The highest BCUT2D eigenvalue weighted by molar-refractivity contribution is 7.99. The van der Waals surface area contributed by atoms with Gasteiger partial charge in [-0.1, -0.05) is 38.5 Å². The molecule has 2 fully saturated rings. The molecule has 0 aromatic heterocycles. The molecule has 2 atom stereocenters. The smallest absolute Gasteiger partial charge is 0.0669 e. The van der Waals surface area contributed by atoms with Crippen LogP contribution >= 0.6 is 11.8 Å². The maximum absolute atomic E-state index is 9.81. The second-order valence-electron chi connectivity index (χ2n) is 4.52. The van der Waals surface area contributed by atoms with E-state index in [0.717, 1.165) is 11.7 Å². The van der Waals surface area contributed by atoms with E-state index < -0.39 is 0 Å². The molecule has 1 N–H and O–H groups in total. The normalized spacial score (nSPS) is 37.6. The second kappa shape index (κ2) is 4.70. The zero-order valence-electron chi connectivity index (χ0n) is 8.24. The van der Waals surface area contributed by atoms with Crippen molar-refractivity contribution in [3.63, 3.8) is 0 Å².